The molecule has 0 saturated carbocycles. The van der Waals surface area contributed by atoms with Crippen LogP contribution in [0.3, 0.4) is 0 Å². The summed E-state index contributed by atoms with van der Waals surface area (Å²) < 4.78 is 51.7. The van der Waals surface area contributed by atoms with Gasteiger partial charge in [-0.15, -0.1) is 0 Å². The van der Waals surface area contributed by atoms with E-state index in [1.54, 1.807) is 12.1 Å². The minimum atomic E-state index is -2.25. The first-order valence-corrected chi connectivity index (χ1v) is 14.4. The summed E-state index contributed by atoms with van der Waals surface area (Å²) in [7, 11) is 0. The molecular formula is C28H34F2N3O4S-. The van der Waals surface area contributed by atoms with Crippen LogP contribution in [-0.4, -0.2) is 69.0 Å². The van der Waals surface area contributed by atoms with Crippen LogP contribution < -0.4 is 5.32 Å². The lowest BCUT2D eigenvalue weighted by molar-refractivity contribution is 0.0285. The summed E-state index contributed by atoms with van der Waals surface area (Å²) in [5, 5.41) is 3.49. The van der Waals surface area contributed by atoms with Crippen LogP contribution in [0.2, 0.25) is 0 Å². The van der Waals surface area contributed by atoms with Gasteiger partial charge >= 0.3 is 6.09 Å². The largest absolute Gasteiger partial charge is 0.768 e. The average Bonchev–Trinajstić information content (AvgIpc) is 3.38. The van der Waals surface area contributed by atoms with Gasteiger partial charge in [0.15, 0.2) is 0 Å². The Labute approximate surface area is 224 Å². The van der Waals surface area contributed by atoms with Crippen LogP contribution in [0.4, 0.5) is 19.3 Å². The molecule has 1 spiro atoms. The van der Waals surface area contributed by atoms with Crippen molar-refractivity contribution in [3.63, 3.8) is 0 Å². The van der Waals surface area contributed by atoms with Crippen LogP contribution in [0.25, 0.3) is 0 Å². The van der Waals surface area contributed by atoms with Crippen molar-refractivity contribution in [3.05, 3.63) is 59.7 Å². The van der Waals surface area contributed by atoms with Crippen molar-refractivity contribution in [3.8, 4) is 0 Å². The second-order valence-corrected chi connectivity index (χ2v) is 11.6. The number of benzene rings is 2. The number of carbonyl (C=O) groups excluding carboxylic acids is 1. The first kappa shape index (κ1) is 27.0. The molecule has 0 radical (unpaired) electrons. The number of anilines is 1. The van der Waals surface area contributed by atoms with Gasteiger partial charge in [-0.3, -0.25) is 4.21 Å². The molecule has 2 aromatic rings. The summed E-state index contributed by atoms with van der Waals surface area (Å²) in [5.41, 5.74) is 2.36. The number of carbonyl (C=O) groups is 1. The Morgan fingerprint density at radius 1 is 1.05 bits per heavy atom. The lowest BCUT2D eigenvalue weighted by atomic mass is 9.73. The molecule has 6 rings (SSSR count). The van der Waals surface area contributed by atoms with Crippen molar-refractivity contribution in [2.24, 2.45) is 0 Å². The van der Waals surface area contributed by atoms with E-state index in [4.69, 9.17) is 4.74 Å². The minimum absolute atomic E-state index is 0.0819. The van der Waals surface area contributed by atoms with Crippen molar-refractivity contribution in [1.29, 1.82) is 0 Å². The van der Waals surface area contributed by atoms with E-state index >= 15 is 0 Å². The van der Waals surface area contributed by atoms with E-state index in [1.165, 1.54) is 17.7 Å². The topological polar surface area (TPSA) is 84.9 Å². The van der Waals surface area contributed by atoms with Crippen molar-refractivity contribution in [2.45, 2.75) is 73.9 Å². The number of fused-ring (bicyclic) bond motifs is 4. The van der Waals surface area contributed by atoms with E-state index in [0.29, 0.717) is 24.7 Å². The smallest absolute Gasteiger partial charge is 0.410 e. The number of rotatable bonds is 3. The summed E-state index contributed by atoms with van der Waals surface area (Å²) >= 11 is -2.25. The van der Waals surface area contributed by atoms with E-state index in [9.17, 15) is 22.3 Å². The highest BCUT2D eigenvalue weighted by Gasteiger charge is 2.48. The number of ether oxygens (including phenoxy) is 1. The van der Waals surface area contributed by atoms with E-state index < -0.39 is 16.9 Å². The van der Waals surface area contributed by atoms with Crippen LogP contribution >= 0.6 is 0 Å². The maximum absolute atomic E-state index is 13.8. The predicted octanol–water partition coefficient (Wildman–Crippen LogP) is 4.80. The second-order valence-electron chi connectivity index (χ2n) is 10.7. The molecule has 3 saturated heterocycles. The number of hydrogen-bond donors (Lipinski definition) is 1. The van der Waals surface area contributed by atoms with E-state index in [-0.39, 0.29) is 22.2 Å². The third kappa shape index (κ3) is 5.44. The SMILES string of the molecule is CCOC(=O)N1C2CCC1CC(N1CCC3(CC1)CNc1ccc(F)cc13)C2.O=S([O-])c1ccc(F)cc1. The molecule has 4 aliphatic rings. The van der Waals surface area contributed by atoms with E-state index in [0.717, 1.165) is 76.0 Å². The van der Waals surface area contributed by atoms with Crippen LogP contribution in [0.1, 0.15) is 51.0 Å². The van der Waals surface area contributed by atoms with Crippen molar-refractivity contribution < 1.29 is 27.1 Å². The van der Waals surface area contributed by atoms with E-state index in [1.807, 2.05) is 17.9 Å². The molecule has 3 atom stereocenters. The number of nitrogens with zero attached hydrogens (tertiary/aromatic N) is 2. The predicted molar refractivity (Wildman–Crippen MR) is 140 cm³/mol. The van der Waals surface area contributed by atoms with Crippen LogP contribution in [0, 0.1) is 11.6 Å². The zero-order valence-corrected chi connectivity index (χ0v) is 22.4. The lowest BCUT2D eigenvalue weighted by Gasteiger charge is -2.47. The van der Waals surface area contributed by atoms with Gasteiger partial charge < -0.3 is 24.4 Å². The summed E-state index contributed by atoms with van der Waals surface area (Å²) in [6.07, 6.45) is 6.36. The summed E-state index contributed by atoms with van der Waals surface area (Å²) in [4.78, 5) is 17.1. The molecule has 10 heteroatoms. The normalized spacial score (nSPS) is 26.2. The summed E-state index contributed by atoms with van der Waals surface area (Å²) in [5.74, 6) is -0.568. The fourth-order valence-corrected chi connectivity index (χ4v) is 7.08. The Morgan fingerprint density at radius 3 is 2.29 bits per heavy atom. The van der Waals surface area contributed by atoms with Crippen molar-refractivity contribution >= 4 is 22.9 Å². The number of halogens is 2. The van der Waals surface area contributed by atoms with Gasteiger partial charge in [0.25, 0.3) is 0 Å². The highest BCUT2D eigenvalue weighted by Crippen LogP contribution is 2.46. The fourth-order valence-electron chi connectivity index (χ4n) is 6.72. The Bertz CT molecular complexity index is 1160. The highest BCUT2D eigenvalue weighted by molar-refractivity contribution is 7.79. The Kier molecular flexibility index (Phi) is 8.02. The monoisotopic (exact) mass is 546 g/mol. The molecule has 206 valence electrons. The van der Waals surface area contributed by atoms with Gasteiger partial charge in [0.1, 0.15) is 11.6 Å². The average molecular weight is 547 g/mol. The second kappa shape index (κ2) is 11.3. The molecule has 3 unspecified atom stereocenters. The molecule has 1 N–H and O–H groups in total. The molecule has 2 aromatic carbocycles. The van der Waals surface area contributed by atoms with Gasteiger partial charge in [0.2, 0.25) is 0 Å². The molecule has 0 aromatic heterocycles. The third-order valence-corrected chi connectivity index (χ3v) is 9.29. The standard InChI is InChI=1S/C22H30FN3O2.C6H5FO2S/c1-2-28-21(27)26-16-4-5-17(26)13-18(12-16)25-9-7-22(8-10-25)14-24-20-6-3-15(23)11-19(20)22;7-5-1-3-6(4-2-5)10(8)9/h3,6,11,16-18,24H,2,4-5,7-10,12-14H2,1H3;1-4H,(H,8,9)/p-1. The molecule has 38 heavy (non-hydrogen) atoms. The first-order valence-electron chi connectivity index (χ1n) is 13.4. The fraction of sp³-hybridized carbons (Fsp3) is 0.536. The quantitative estimate of drug-likeness (QED) is 0.557. The first-order chi connectivity index (χ1) is 18.3. The Balaban J connectivity index is 0.000000249. The van der Waals surface area contributed by atoms with E-state index in [2.05, 4.69) is 10.2 Å². The van der Waals surface area contributed by atoms with Crippen LogP contribution in [0.15, 0.2) is 47.4 Å². The molecular weight excluding hydrogens is 512 g/mol. The molecule has 0 aliphatic carbocycles. The zero-order valence-electron chi connectivity index (χ0n) is 21.5. The van der Waals surface area contributed by atoms with Gasteiger partial charge in [-0.1, -0.05) is 0 Å². The molecule has 2 bridgehead atoms. The van der Waals surface area contributed by atoms with Crippen LogP contribution in [0.5, 0.6) is 0 Å². The minimum Gasteiger partial charge on any atom is -0.768 e. The number of piperidine rings is 2. The molecule has 4 heterocycles. The summed E-state index contributed by atoms with van der Waals surface area (Å²) in [6.45, 7) is 5.36. The van der Waals surface area contributed by atoms with Crippen LogP contribution in [-0.2, 0) is 21.2 Å². The number of likely N-dealkylation sites (tertiary alicyclic amines) is 1. The van der Waals surface area contributed by atoms with Crippen molar-refractivity contribution in [1.82, 2.24) is 9.80 Å². The third-order valence-electron chi connectivity index (χ3n) is 8.63. The van der Waals surface area contributed by atoms with Gasteiger partial charge in [-0.05, 0) is 118 Å². The lowest BCUT2D eigenvalue weighted by Crippen LogP contribution is -2.55. The Hall–Kier alpha value is -2.56. The maximum atomic E-state index is 13.8. The number of nitrogens with one attached hydrogen (secondary N) is 1. The highest BCUT2D eigenvalue weighted by atomic mass is 32.2. The van der Waals surface area contributed by atoms with Gasteiger partial charge in [0, 0.05) is 40.7 Å². The summed E-state index contributed by atoms with van der Waals surface area (Å²) in [6, 6.07) is 11.0. The van der Waals surface area contributed by atoms with Gasteiger partial charge in [-0.25, -0.2) is 13.6 Å². The zero-order chi connectivity index (χ0) is 26.9. The van der Waals surface area contributed by atoms with Gasteiger partial charge in [0.05, 0.1) is 6.61 Å². The Morgan fingerprint density at radius 2 is 1.68 bits per heavy atom. The van der Waals surface area contributed by atoms with Gasteiger partial charge in [-0.2, -0.15) is 0 Å². The molecule has 1 amide bonds. The maximum Gasteiger partial charge on any atom is 0.410 e. The molecule has 3 fully saturated rings. The number of amides is 1. The van der Waals surface area contributed by atoms with Crippen molar-refractivity contribution in [2.75, 3.05) is 31.6 Å². The molecule has 4 aliphatic heterocycles. The molecule has 7 nitrogen and oxygen atoms in total. The number of hydrogen-bond acceptors (Lipinski definition) is 6.